The Morgan fingerprint density at radius 3 is 2.25 bits per heavy atom. The van der Waals surface area contributed by atoms with E-state index in [0.717, 1.165) is 95.6 Å². The number of nitrogens with zero attached hydrogens (tertiary/aromatic N) is 9. The molecule has 15 nitrogen and oxygen atoms in total. The van der Waals surface area contributed by atoms with Gasteiger partial charge in [0.25, 0.3) is 5.91 Å². The number of anilines is 4. The van der Waals surface area contributed by atoms with Crippen LogP contribution in [0.3, 0.4) is 0 Å². The number of piperazine rings is 1. The fourth-order valence-electron chi connectivity index (χ4n) is 10.7. The maximum atomic E-state index is 13.5. The normalized spacial score (nSPS) is 23.4. The topological polar surface area (TPSA) is 161 Å². The summed E-state index contributed by atoms with van der Waals surface area (Å²) in [4.78, 5) is 73.2. The number of benzene rings is 1. The van der Waals surface area contributed by atoms with Crippen molar-refractivity contribution in [3.8, 4) is 6.07 Å². The molecule has 2 aromatic heterocycles. The number of carbonyl (C=O) groups is 4. The lowest BCUT2D eigenvalue weighted by Gasteiger charge is -2.47. The van der Waals surface area contributed by atoms with E-state index in [1.54, 1.807) is 11.0 Å². The van der Waals surface area contributed by atoms with Gasteiger partial charge in [0, 0.05) is 95.6 Å². The predicted molar refractivity (Wildman–Crippen MR) is 237 cm³/mol. The molecule has 2 atom stereocenters. The number of fused-ring (bicyclic) bond motifs is 1. The van der Waals surface area contributed by atoms with Gasteiger partial charge in [-0.2, -0.15) is 18.4 Å². The lowest BCUT2D eigenvalue weighted by Crippen LogP contribution is -2.57. The van der Waals surface area contributed by atoms with E-state index in [2.05, 4.69) is 42.1 Å². The number of carbonyl (C=O) groups excluding carboxylic acids is 4. The molecule has 6 aliphatic heterocycles. The first kappa shape index (κ1) is 44.4. The van der Waals surface area contributed by atoms with Crippen LogP contribution in [0.5, 0.6) is 0 Å². The van der Waals surface area contributed by atoms with Crippen LogP contribution in [0.1, 0.15) is 85.5 Å². The van der Waals surface area contributed by atoms with Crippen molar-refractivity contribution in [3.05, 3.63) is 71.0 Å². The van der Waals surface area contributed by atoms with Crippen LogP contribution in [0.25, 0.3) is 0 Å². The smallest absolute Gasteiger partial charge is 0.371 e. The van der Waals surface area contributed by atoms with Gasteiger partial charge in [0.1, 0.15) is 17.7 Å². The van der Waals surface area contributed by atoms with Crippen molar-refractivity contribution >= 4 is 46.6 Å². The van der Waals surface area contributed by atoms with Crippen molar-refractivity contribution in [3.63, 3.8) is 0 Å². The van der Waals surface area contributed by atoms with Gasteiger partial charge in [0.15, 0.2) is 0 Å². The molecule has 5 fully saturated rings. The van der Waals surface area contributed by atoms with Crippen LogP contribution in [-0.4, -0.2) is 132 Å². The quantitative estimate of drug-likeness (QED) is 0.281. The van der Waals surface area contributed by atoms with Gasteiger partial charge in [-0.05, 0) is 100 Å². The number of aromatic nitrogens is 2. The number of imide groups is 1. The largest absolute Gasteiger partial charge is 0.417 e. The zero-order valence-corrected chi connectivity index (χ0v) is 36.7. The van der Waals surface area contributed by atoms with Gasteiger partial charge in [-0.15, -0.1) is 0 Å². The molecule has 2 N–H and O–H groups in total. The summed E-state index contributed by atoms with van der Waals surface area (Å²) in [5.74, 6) is 0.631. The van der Waals surface area contributed by atoms with Crippen molar-refractivity contribution < 1.29 is 32.3 Å². The van der Waals surface area contributed by atoms with E-state index in [1.165, 1.54) is 12.1 Å². The van der Waals surface area contributed by atoms with E-state index in [-0.39, 0.29) is 36.6 Å². The standard InChI is InChI=1S/C47H56F3N11O4/c1-30-27-60(34-14-20-58(21-15-34)42-8-5-37-39(53-42)29-61(46(37)65)40-6-9-43(62)55-45(40)64)23-22-59(30)28-31-10-16-57(17-11-31)36-4-7-41(52-26-36)54-44(63)32-12-18-56(19-13-32)35-3-2-33(25-51)38(24-35)47(48,49)50/h2-5,7-8,24,26,30-32,34,40H,6,9-23,27-29H2,1H3,(H,52,54,63)(H,55,62,64)/t30-,40?/m0/s1. The highest BCUT2D eigenvalue weighted by Gasteiger charge is 2.41. The maximum absolute atomic E-state index is 13.5. The molecule has 6 aliphatic rings. The first-order valence-corrected chi connectivity index (χ1v) is 23.1. The summed E-state index contributed by atoms with van der Waals surface area (Å²) in [6, 6.07) is 13.3. The van der Waals surface area contributed by atoms with Crippen LogP contribution in [0.4, 0.5) is 36.2 Å². The summed E-state index contributed by atoms with van der Waals surface area (Å²) in [6.07, 6.45) is 3.04. The SMILES string of the molecule is C[C@H]1CN(C2CCN(c3ccc4c(n3)CN(C3CCC(=O)NC3=O)C4=O)CC2)CCN1CC1CCN(c2ccc(NC(=O)C3CCN(c4ccc(C#N)c(C(F)(F)F)c4)CC3)nc2)CC1. The number of hydrogen-bond donors (Lipinski definition) is 2. The molecule has 0 bridgehead atoms. The second kappa shape index (κ2) is 18.6. The van der Waals surface area contributed by atoms with Crippen LogP contribution < -0.4 is 25.3 Å². The van der Waals surface area contributed by atoms with Gasteiger partial charge in [0.2, 0.25) is 17.7 Å². The molecule has 65 heavy (non-hydrogen) atoms. The minimum Gasteiger partial charge on any atom is -0.371 e. The molecule has 0 radical (unpaired) electrons. The summed E-state index contributed by atoms with van der Waals surface area (Å²) < 4.78 is 40.5. The Hall–Kier alpha value is -5.80. The molecular formula is C47H56F3N11O4. The molecule has 1 aromatic carbocycles. The fourth-order valence-corrected chi connectivity index (χ4v) is 10.7. The Morgan fingerprint density at radius 1 is 0.862 bits per heavy atom. The Balaban J connectivity index is 0.680. The molecule has 18 heteroatoms. The number of alkyl halides is 3. The number of rotatable bonds is 9. The lowest BCUT2D eigenvalue weighted by molar-refractivity contribution is -0.138. The highest BCUT2D eigenvalue weighted by Crippen LogP contribution is 2.36. The minimum absolute atomic E-state index is 0.144. The Labute approximate surface area is 376 Å². The Bertz CT molecular complexity index is 2320. The molecule has 4 amide bonds. The number of amides is 4. The van der Waals surface area contributed by atoms with E-state index in [4.69, 9.17) is 10.2 Å². The van der Waals surface area contributed by atoms with Crippen molar-refractivity contribution in [1.82, 2.24) is 30.0 Å². The zero-order chi connectivity index (χ0) is 45.4. The van der Waals surface area contributed by atoms with Crippen molar-refractivity contribution in [2.45, 2.75) is 89.1 Å². The van der Waals surface area contributed by atoms with Crippen LogP contribution in [0, 0.1) is 23.2 Å². The summed E-state index contributed by atoms with van der Waals surface area (Å²) in [6.45, 7) is 11.4. The van der Waals surface area contributed by atoms with Gasteiger partial charge >= 0.3 is 6.18 Å². The lowest BCUT2D eigenvalue weighted by atomic mass is 9.94. The number of hydrogen-bond acceptors (Lipinski definition) is 12. The van der Waals surface area contributed by atoms with E-state index in [1.807, 2.05) is 35.4 Å². The van der Waals surface area contributed by atoms with E-state index in [9.17, 15) is 32.3 Å². The Kier molecular flexibility index (Phi) is 12.7. The number of halogens is 3. The minimum atomic E-state index is -4.62. The molecule has 0 aliphatic carbocycles. The second-order valence-corrected chi connectivity index (χ2v) is 18.5. The van der Waals surface area contributed by atoms with E-state index < -0.39 is 29.3 Å². The average Bonchev–Trinajstić information content (AvgIpc) is 3.64. The molecule has 1 unspecified atom stereocenters. The summed E-state index contributed by atoms with van der Waals surface area (Å²) >= 11 is 0. The van der Waals surface area contributed by atoms with Crippen LogP contribution in [0.15, 0.2) is 48.7 Å². The van der Waals surface area contributed by atoms with Crippen LogP contribution in [-0.2, 0) is 27.1 Å². The van der Waals surface area contributed by atoms with Crippen LogP contribution in [0.2, 0.25) is 0 Å². The Morgan fingerprint density at radius 2 is 1.57 bits per heavy atom. The average molecular weight is 896 g/mol. The van der Waals surface area contributed by atoms with Gasteiger partial charge in [0.05, 0.1) is 46.9 Å². The molecule has 0 saturated carbocycles. The zero-order valence-electron chi connectivity index (χ0n) is 36.7. The second-order valence-electron chi connectivity index (χ2n) is 18.5. The molecule has 5 saturated heterocycles. The number of pyridine rings is 2. The molecule has 9 rings (SSSR count). The first-order chi connectivity index (χ1) is 31.3. The summed E-state index contributed by atoms with van der Waals surface area (Å²) in [7, 11) is 0. The van der Waals surface area contributed by atoms with Crippen molar-refractivity contribution in [2.24, 2.45) is 11.8 Å². The third-order valence-electron chi connectivity index (χ3n) is 14.6. The van der Waals surface area contributed by atoms with E-state index in [0.29, 0.717) is 73.1 Å². The molecule has 3 aromatic rings. The van der Waals surface area contributed by atoms with Gasteiger partial charge in [-0.3, -0.25) is 34.3 Å². The van der Waals surface area contributed by atoms with E-state index >= 15 is 0 Å². The van der Waals surface area contributed by atoms with Crippen molar-refractivity contribution in [2.75, 3.05) is 85.5 Å². The van der Waals surface area contributed by atoms with Gasteiger partial charge < -0.3 is 24.9 Å². The third kappa shape index (κ3) is 9.62. The highest BCUT2D eigenvalue weighted by atomic mass is 19.4. The molecule has 0 spiro atoms. The monoisotopic (exact) mass is 895 g/mol. The third-order valence-corrected chi connectivity index (χ3v) is 14.6. The fraction of sp³-hybridized carbons (Fsp3) is 0.553. The maximum Gasteiger partial charge on any atom is 0.417 e. The number of nitrogens with one attached hydrogen (secondary N) is 2. The van der Waals surface area contributed by atoms with Gasteiger partial charge in [-0.25, -0.2) is 9.97 Å². The molecule has 344 valence electrons. The van der Waals surface area contributed by atoms with Gasteiger partial charge in [-0.1, -0.05) is 0 Å². The van der Waals surface area contributed by atoms with Crippen LogP contribution >= 0.6 is 0 Å². The molecule has 8 heterocycles. The first-order valence-electron chi connectivity index (χ1n) is 23.1. The molecular weight excluding hydrogens is 840 g/mol. The summed E-state index contributed by atoms with van der Waals surface area (Å²) in [5.41, 5.74) is 1.31. The predicted octanol–water partition coefficient (Wildman–Crippen LogP) is 4.87. The number of nitriles is 1. The highest BCUT2D eigenvalue weighted by molar-refractivity contribution is 6.05. The number of piperidine rings is 4. The summed E-state index contributed by atoms with van der Waals surface area (Å²) in [5, 5.41) is 14.4. The van der Waals surface area contributed by atoms with Crippen molar-refractivity contribution in [1.29, 1.82) is 5.26 Å².